The fourth-order valence-corrected chi connectivity index (χ4v) is 3.74. The summed E-state index contributed by atoms with van der Waals surface area (Å²) in [6, 6.07) is 15.4. The van der Waals surface area contributed by atoms with Crippen LogP contribution in [0, 0.1) is 11.7 Å². The largest absolute Gasteiger partial charge is 0.337 e. The fourth-order valence-electron chi connectivity index (χ4n) is 3.74. The molecular weight excluding hydrogens is 395 g/mol. The number of hydrogen-bond donors (Lipinski definition) is 1. The molecule has 1 N–H and O–H groups in total. The first-order chi connectivity index (χ1) is 14.9. The second-order valence-corrected chi connectivity index (χ2v) is 8.27. The molecule has 0 aromatic heterocycles. The van der Waals surface area contributed by atoms with Crippen LogP contribution in [0.25, 0.3) is 0 Å². The number of carbonyl (C=O) groups excluding carboxylic acids is 2. The van der Waals surface area contributed by atoms with Crippen molar-refractivity contribution in [1.29, 1.82) is 0 Å². The fraction of sp³-hybridized carbons (Fsp3) is 0.417. The van der Waals surface area contributed by atoms with Gasteiger partial charge in [0, 0.05) is 38.4 Å². The van der Waals surface area contributed by atoms with Gasteiger partial charge in [-0.25, -0.2) is 9.18 Å². The summed E-state index contributed by atoms with van der Waals surface area (Å²) in [6.07, 6.45) is 1.55. The standard InChI is InChI=1S/C24H31FN4O2/c1-27(2)15-16-28(17-19-10-12-21(25)13-11-19)23(30)20-7-6-14-29(18-20)24(31)26-22-8-4-3-5-9-22/h3-5,8-13,20H,6-7,14-18H2,1-2H3,(H,26,31). The van der Waals surface area contributed by atoms with Gasteiger partial charge in [0.05, 0.1) is 5.92 Å². The number of benzene rings is 2. The van der Waals surface area contributed by atoms with Gasteiger partial charge < -0.3 is 20.0 Å². The molecule has 1 saturated heterocycles. The van der Waals surface area contributed by atoms with E-state index in [2.05, 4.69) is 5.32 Å². The molecule has 1 heterocycles. The van der Waals surface area contributed by atoms with Gasteiger partial charge in [0.15, 0.2) is 0 Å². The maximum atomic E-state index is 13.4. The monoisotopic (exact) mass is 426 g/mol. The van der Waals surface area contributed by atoms with Gasteiger partial charge in [0.2, 0.25) is 5.91 Å². The third-order valence-electron chi connectivity index (χ3n) is 5.50. The van der Waals surface area contributed by atoms with Crippen molar-refractivity contribution < 1.29 is 14.0 Å². The minimum Gasteiger partial charge on any atom is -0.337 e. The Hall–Kier alpha value is -2.93. The molecule has 7 heteroatoms. The summed E-state index contributed by atoms with van der Waals surface area (Å²) in [5.74, 6) is -0.483. The average molecular weight is 427 g/mol. The predicted octanol–water partition coefficient (Wildman–Crippen LogP) is 3.66. The molecule has 1 fully saturated rings. The van der Waals surface area contributed by atoms with Gasteiger partial charge in [-0.1, -0.05) is 30.3 Å². The first-order valence-electron chi connectivity index (χ1n) is 10.7. The van der Waals surface area contributed by atoms with Gasteiger partial charge >= 0.3 is 6.03 Å². The Morgan fingerprint density at radius 1 is 1.06 bits per heavy atom. The quantitative estimate of drug-likeness (QED) is 0.735. The molecule has 3 rings (SSSR count). The molecular formula is C24H31FN4O2. The number of piperidine rings is 1. The first-order valence-corrected chi connectivity index (χ1v) is 10.7. The first kappa shape index (κ1) is 22.7. The lowest BCUT2D eigenvalue weighted by Crippen LogP contribution is -2.48. The lowest BCUT2D eigenvalue weighted by Gasteiger charge is -2.35. The van der Waals surface area contributed by atoms with Crippen LogP contribution in [0.4, 0.5) is 14.9 Å². The Balaban J connectivity index is 1.65. The molecule has 0 spiro atoms. The van der Waals surface area contributed by atoms with E-state index < -0.39 is 0 Å². The zero-order valence-corrected chi connectivity index (χ0v) is 18.3. The maximum absolute atomic E-state index is 13.4. The van der Waals surface area contributed by atoms with Crippen LogP contribution in [0.15, 0.2) is 54.6 Å². The Morgan fingerprint density at radius 2 is 1.77 bits per heavy atom. The van der Waals surface area contributed by atoms with Crippen molar-refractivity contribution in [3.05, 3.63) is 66.0 Å². The molecule has 0 saturated carbocycles. The van der Waals surface area contributed by atoms with Crippen LogP contribution in [-0.4, -0.2) is 66.9 Å². The molecule has 0 bridgehead atoms. The van der Waals surface area contributed by atoms with Gasteiger partial charge in [-0.15, -0.1) is 0 Å². The number of hydrogen-bond acceptors (Lipinski definition) is 3. The molecule has 1 atom stereocenters. The van der Waals surface area contributed by atoms with E-state index in [1.807, 2.05) is 54.2 Å². The van der Waals surface area contributed by atoms with Crippen molar-refractivity contribution >= 4 is 17.6 Å². The predicted molar refractivity (Wildman–Crippen MR) is 120 cm³/mol. The van der Waals surface area contributed by atoms with E-state index in [-0.39, 0.29) is 23.7 Å². The van der Waals surface area contributed by atoms with Gasteiger partial charge in [-0.3, -0.25) is 4.79 Å². The van der Waals surface area contributed by atoms with Gasteiger partial charge in [0.1, 0.15) is 5.82 Å². The minimum absolute atomic E-state index is 0.0448. The number of urea groups is 1. The highest BCUT2D eigenvalue weighted by Gasteiger charge is 2.31. The zero-order chi connectivity index (χ0) is 22.2. The van der Waals surface area contributed by atoms with Crippen molar-refractivity contribution in [2.75, 3.05) is 45.6 Å². The lowest BCUT2D eigenvalue weighted by molar-refractivity contribution is -0.137. The van der Waals surface area contributed by atoms with Crippen LogP contribution in [0.5, 0.6) is 0 Å². The highest BCUT2D eigenvalue weighted by molar-refractivity contribution is 5.90. The number of carbonyl (C=O) groups is 2. The molecule has 2 aromatic carbocycles. The van der Waals surface area contributed by atoms with E-state index in [0.717, 1.165) is 30.6 Å². The smallest absolute Gasteiger partial charge is 0.321 e. The maximum Gasteiger partial charge on any atom is 0.321 e. The van der Waals surface area contributed by atoms with Crippen LogP contribution in [0.1, 0.15) is 18.4 Å². The van der Waals surface area contributed by atoms with Crippen LogP contribution in [0.2, 0.25) is 0 Å². The number of rotatable bonds is 7. The Labute approximate surface area is 183 Å². The molecule has 3 amide bonds. The number of amides is 3. The Morgan fingerprint density at radius 3 is 2.45 bits per heavy atom. The van der Waals surface area contributed by atoms with E-state index in [9.17, 15) is 14.0 Å². The molecule has 166 valence electrons. The average Bonchev–Trinajstić information content (AvgIpc) is 2.78. The second kappa shape index (κ2) is 10.9. The van der Waals surface area contributed by atoms with Crippen molar-refractivity contribution in [2.24, 2.45) is 5.92 Å². The summed E-state index contributed by atoms with van der Waals surface area (Å²) in [7, 11) is 3.94. The summed E-state index contributed by atoms with van der Waals surface area (Å²) >= 11 is 0. The highest BCUT2D eigenvalue weighted by atomic mass is 19.1. The van der Waals surface area contributed by atoms with Crippen LogP contribution in [0.3, 0.4) is 0 Å². The summed E-state index contributed by atoms with van der Waals surface area (Å²) in [4.78, 5) is 31.7. The Kier molecular flexibility index (Phi) is 8.00. The van der Waals surface area contributed by atoms with Gasteiger partial charge in [-0.05, 0) is 56.8 Å². The van der Waals surface area contributed by atoms with E-state index >= 15 is 0 Å². The van der Waals surface area contributed by atoms with Crippen molar-refractivity contribution in [1.82, 2.24) is 14.7 Å². The summed E-state index contributed by atoms with van der Waals surface area (Å²) in [5.41, 5.74) is 1.63. The zero-order valence-electron chi connectivity index (χ0n) is 18.3. The third kappa shape index (κ3) is 6.79. The number of nitrogens with zero attached hydrogens (tertiary/aromatic N) is 3. The molecule has 6 nitrogen and oxygen atoms in total. The number of likely N-dealkylation sites (tertiary alicyclic amines) is 1. The van der Waals surface area contributed by atoms with Gasteiger partial charge in [0.25, 0.3) is 0 Å². The molecule has 1 aliphatic heterocycles. The summed E-state index contributed by atoms with van der Waals surface area (Å²) in [5, 5.41) is 2.91. The molecule has 0 aliphatic carbocycles. The summed E-state index contributed by atoms with van der Waals surface area (Å²) < 4.78 is 13.3. The van der Waals surface area contributed by atoms with E-state index in [0.29, 0.717) is 26.2 Å². The van der Waals surface area contributed by atoms with E-state index in [1.165, 1.54) is 12.1 Å². The van der Waals surface area contributed by atoms with Crippen LogP contribution < -0.4 is 5.32 Å². The van der Waals surface area contributed by atoms with Crippen LogP contribution in [-0.2, 0) is 11.3 Å². The molecule has 0 radical (unpaired) electrons. The highest BCUT2D eigenvalue weighted by Crippen LogP contribution is 2.21. The van der Waals surface area contributed by atoms with Crippen molar-refractivity contribution in [3.8, 4) is 0 Å². The molecule has 31 heavy (non-hydrogen) atoms. The number of para-hydroxylation sites is 1. The number of likely N-dealkylation sites (N-methyl/N-ethyl adjacent to an activating group) is 1. The summed E-state index contributed by atoms with van der Waals surface area (Å²) in [6.45, 7) is 2.78. The SMILES string of the molecule is CN(C)CCN(Cc1ccc(F)cc1)C(=O)C1CCCN(C(=O)Nc2ccccc2)C1. The number of anilines is 1. The van der Waals surface area contributed by atoms with Crippen molar-refractivity contribution in [2.45, 2.75) is 19.4 Å². The molecule has 1 aliphatic rings. The van der Waals surface area contributed by atoms with E-state index in [4.69, 9.17) is 0 Å². The lowest BCUT2D eigenvalue weighted by atomic mass is 9.96. The number of nitrogens with one attached hydrogen (secondary N) is 1. The topological polar surface area (TPSA) is 55.9 Å². The molecule has 2 aromatic rings. The van der Waals surface area contributed by atoms with Crippen molar-refractivity contribution in [3.63, 3.8) is 0 Å². The normalized spacial score (nSPS) is 16.3. The molecule has 1 unspecified atom stereocenters. The third-order valence-corrected chi connectivity index (χ3v) is 5.50. The minimum atomic E-state index is -0.290. The van der Waals surface area contributed by atoms with Gasteiger partial charge in [-0.2, -0.15) is 0 Å². The second-order valence-electron chi connectivity index (χ2n) is 8.27. The number of halogens is 1. The van der Waals surface area contributed by atoms with E-state index in [1.54, 1.807) is 17.0 Å². The van der Waals surface area contributed by atoms with Crippen LogP contribution >= 0.6 is 0 Å². The Bertz CT molecular complexity index is 858.